The molecule has 3 aromatic heterocycles. The molecule has 122 valence electrons. The predicted molar refractivity (Wildman–Crippen MR) is 88.9 cm³/mol. The minimum absolute atomic E-state index is 0.130. The Hall–Kier alpha value is -2.74. The van der Waals surface area contributed by atoms with Crippen molar-refractivity contribution in [3.63, 3.8) is 0 Å². The van der Waals surface area contributed by atoms with Crippen LogP contribution in [0.15, 0.2) is 45.1 Å². The Bertz CT molecular complexity index is 925. The first-order chi connectivity index (χ1) is 11.7. The van der Waals surface area contributed by atoms with Crippen molar-refractivity contribution in [3.8, 4) is 11.5 Å². The average Bonchev–Trinajstić information content (AvgIpc) is 3.07. The highest BCUT2D eigenvalue weighted by atomic mass is 32.1. The van der Waals surface area contributed by atoms with E-state index in [-0.39, 0.29) is 18.0 Å². The molecule has 24 heavy (non-hydrogen) atoms. The average molecular weight is 342 g/mol. The largest absolute Gasteiger partial charge is 0.463 e. The summed E-state index contributed by atoms with van der Waals surface area (Å²) in [4.78, 5) is 28.3. The molecule has 0 bridgehead atoms. The van der Waals surface area contributed by atoms with Gasteiger partial charge in [-0.1, -0.05) is 0 Å². The van der Waals surface area contributed by atoms with Crippen LogP contribution in [0.5, 0.6) is 0 Å². The summed E-state index contributed by atoms with van der Waals surface area (Å²) in [5.74, 6) is 0.731. The van der Waals surface area contributed by atoms with Crippen molar-refractivity contribution >= 4 is 22.4 Å². The molecular weight excluding hydrogens is 328 g/mol. The number of amides is 1. The molecule has 0 aliphatic heterocycles. The summed E-state index contributed by atoms with van der Waals surface area (Å²) in [6.45, 7) is -0.130. The van der Waals surface area contributed by atoms with Crippen LogP contribution in [0.4, 0.5) is 5.13 Å². The Kier molecular flexibility index (Phi) is 3.73. The topological polar surface area (TPSA) is 90.0 Å². The number of nitrogens with zero attached hydrogens (tertiary/aromatic N) is 3. The fourth-order valence-corrected chi connectivity index (χ4v) is 3.05. The molecule has 3 heterocycles. The van der Waals surface area contributed by atoms with Gasteiger partial charge in [-0.2, -0.15) is 5.10 Å². The standard InChI is InChI=1S/C16H14N4O3S/c21-14(8-20-15(22)6-5-11(19-20)10-3-4-10)18-16-17-12(9-24-16)13-2-1-7-23-13/h1-2,5-7,9-10H,3-4,8H2,(H,17,18,21). The highest BCUT2D eigenvalue weighted by Crippen LogP contribution is 2.38. The summed E-state index contributed by atoms with van der Waals surface area (Å²) in [5, 5.41) is 9.22. The Morgan fingerprint density at radius 1 is 1.38 bits per heavy atom. The summed E-state index contributed by atoms with van der Waals surface area (Å²) in [5.41, 5.74) is 1.24. The first-order valence-corrected chi connectivity index (χ1v) is 8.44. The first kappa shape index (κ1) is 14.8. The van der Waals surface area contributed by atoms with Crippen molar-refractivity contribution < 1.29 is 9.21 Å². The zero-order valence-corrected chi connectivity index (χ0v) is 13.5. The highest BCUT2D eigenvalue weighted by molar-refractivity contribution is 7.14. The van der Waals surface area contributed by atoms with Crippen LogP contribution in [0.3, 0.4) is 0 Å². The van der Waals surface area contributed by atoms with Gasteiger partial charge in [0.05, 0.1) is 12.0 Å². The van der Waals surface area contributed by atoms with Crippen LogP contribution in [0.25, 0.3) is 11.5 Å². The molecule has 1 saturated carbocycles. The molecule has 3 aromatic rings. The summed E-state index contributed by atoms with van der Waals surface area (Å²) >= 11 is 1.30. The van der Waals surface area contributed by atoms with Gasteiger partial charge in [0.25, 0.3) is 5.56 Å². The Morgan fingerprint density at radius 2 is 2.25 bits per heavy atom. The van der Waals surface area contributed by atoms with Gasteiger partial charge in [0.1, 0.15) is 12.2 Å². The molecule has 0 radical (unpaired) electrons. The van der Waals surface area contributed by atoms with Gasteiger partial charge in [0.15, 0.2) is 10.9 Å². The van der Waals surface area contributed by atoms with Crippen LogP contribution in [0, 0.1) is 0 Å². The number of carbonyl (C=O) groups is 1. The molecule has 1 fully saturated rings. The summed E-state index contributed by atoms with van der Waals surface area (Å²) in [7, 11) is 0. The maximum atomic E-state index is 12.2. The lowest BCUT2D eigenvalue weighted by molar-refractivity contribution is -0.117. The Morgan fingerprint density at radius 3 is 3.00 bits per heavy atom. The van der Waals surface area contributed by atoms with E-state index < -0.39 is 0 Å². The zero-order valence-electron chi connectivity index (χ0n) is 12.6. The van der Waals surface area contributed by atoms with E-state index in [4.69, 9.17) is 4.42 Å². The second-order valence-electron chi connectivity index (χ2n) is 5.59. The molecule has 1 aliphatic carbocycles. The molecule has 0 aromatic carbocycles. The van der Waals surface area contributed by atoms with Crippen molar-refractivity contribution in [3.05, 3.63) is 52.0 Å². The molecule has 0 saturated heterocycles. The fraction of sp³-hybridized carbons (Fsp3) is 0.250. The summed E-state index contributed by atoms with van der Waals surface area (Å²) in [6, 6.07) is 6.78. The number of nitrogens with one attached hydrogen (secondary N) is 1. The van der Waals surface area contributed by atoms with E-state index in [0.717, 1.165) is 18.5 Å². The van der Waals surface area contributed by atoms with E-state index in [2.05, 4.69) is 15.4 Å². The quantitative estimate of drug-likeness (QED) is 0.769. The van der Waals surface area contributed by atoms with E-state index in [1.807, 2.05) is 0 Å². The molecule has 0 spiro atoms. The van der Waals surface area contributed by atoms with Gasteiger partial charge in [0, 0.05) is 17.4 Å². The molecule has 1 N–H and O–H groups in total. The maximum absolute atomic E-state index is 12.2. The van der Waals surface area contributed by atoms with Gasteiger partial charge >= 0.3 is 0 Å². The number of hydrogen-bond donors (Lipinski definition) is 1. The van der Waals surface area contributed by atoms with Crippen molar-refractivity contribution in [2.45, 2.75) is 25.3 Å². The van der Waals surface area contributed by atoms with Crippen LogP contribution in [0.2, 0.25) is 0 Å². The number of aromatic nitrogens is 3. The van der Waals surface area contributed by atoms with Crippen LogP contribution in [-0.2, 0) is 11.3 Å². The SMILES string of the molecule is O=C(Cn1nc(C2CC2)ccc1=O)Nc1nc(-c2ccco2)cs1. The second-order valence-corrected chi connectivity index (χ2v) is 6.45. The molecule has 1 aliphatic rings. The molecule has 7 nitrogen and oxygen atoms in total. The molecule has 0 atom stereocenters. The molecule has 0 unspecified atom stereocenters. The Balaban J connectivity index is 1.45. The summed E-state index contributed by atoms with van der Waals surface area (Å²) < 4.78 is 6.47. The summed E-state index contributed by atoms with van der Waals surface area (Å²) in [6.07, 6.45) is 3.75. The minimum Gasteiger partial charge on any atom is -0.463 e. The first-order valence-electron chi connectivity index (χ1n) is 7.56. The van der Waals surface area contributed by atoms with Crippen LogP contribution in [-0.4, -0.2) is 20.7 Å². The molecular formula is C16H14N4O3S. The van der Waals surface area contributed by atoms with Crippen molar-refractivity contribution in [1.29, 1.82) is 0 Å². The van der Waals surface area contributed by atoms with Gasteiger partial charge < -0.3 is 9.73 Å². The van der Waals surface area contributed by atoms with Crippen LogP contribution in [0.1, 0.15) is 24.5 Å². The van der Waals surface area contributed by atoms with Crippen molar-refractivity contribution in [1.82, 2.24) is 14.8 Å². The monoisotopic (exact) mass is 342 g/mol. The van der Waals surface area contributed by atoms with Crippen molar-refractivity contribution in [2.75, 3.05) is 5.32 Å². The number of carbonyl (C=O) groups excluding carboxylic acids is 1. The third-order valence-corrected chi connectivity index (χ3v) is 4.46. The lowest BCUT2D eigenvalue weighted by Gasteiger charge is -2.06. The normalized spacial score (nSPS) is 13.8. The number of hydrogen-bond acceptors (Lipinski definition) is 6. The van der Waals surface area contributed by atoms with Gasteiger partial charge in [-0.3, -0.25) is 9.59 Å². The second kappa shape index (κ2) is 6.04. The number of thiazole rings is 1. The fourth-order valence-electron chi connectivity index (χ4n) is 2.34. The lowest BCUT2D eigenvalue weighted by Crippen LogP contribution is -2.29. The maximum Gasteiger partial charge on any atom is 0.267 e. The molecule has 8 heteroatoms. The molecule has 1 amide bonds. The van der Waals surface area contributed by atoms with Gasteiger partial charge in [-0.15, -0.1) is 11.3 Å². The number of rotatable bonds is 5. The third kappa shape index (κ3) is 3.13. The van der Waals surface area contributed by atoms with Gasteiger partial charge in [-0.25, -0.2) is 9.67 Å². The van der Waals surface area contributed by atoms with E-state index >= 15 is 0 Å². The Labute approximate surface area is 141 Å². The third-order valence-electron chi connectivity index (χ3n) is 3.70. The molecule has 4 rings (SSSR count). The van der Waals surface area contributed by atoms with E-state index in [1.54, 1.807) is 29.8 Å². The van der Waals surface area contributed by atoms with Crippen LogP contribution < -0.4 is 10.9 Å². The zero-order chi connectivity index (χ0) is 16.5. The van der Waals surface area contributed by atoms with E-state index in [0.29, 0.717) is 22.5 Å². The van der Waals surface area contributed by atoms with Gasteiger partial charge in [-0.05, 0) is 31.0 Å². The van der Waals surface area contributed by atoms with Crippen molar-refractivity contribution in [2.24, 2.45) is 0 Å². The lowest BCUT2D eigenvalue weighted by atomic mass is 10.3. The number of furan rings is 1. The smallest absolute Gasteiger partial charge is 0.267 e. The predicted octanol–water partition coefficient (Wildman–Crippen LogP) is 2.48. The number of anilines is 1. The highest BCUT2D eigenvalue weighted by Gasteiger charge is 2.25. The minimum atomic E-state index is -0.335. The van der Waals surface area contributed by atoms with E-state index in [9.17, 15) is 9.59 Å². The van der Waals surface area contributed by atoms with Crippen LogP contribution >= 0.6 is 11.3 Å². The van der Waals surface area contributed by atoms with Gasteiger partial charge in [0.2, 0.25) is 5.91 Å². The van der Waals surface area contributed by atoms with E-state index in [1.165, 1.54) is 22.1 Å².